The zero-order chi connectivity index (χ0) is 11.6. The maximum Gasteiger partial charge on any atom is 0.0635 e. The number of nitriles is 1. The van der Waals surface area contributed by atoms with Crippen LogP contribution in [0.25, 0.3) is 0 Å². The molecule has 1 N–H and O–H groups in total. The fourth-order valence-electron chi connectivity index (χ4n) is 1.59. The summed E-state index contributed by atoms with van der Waals surface area (Å²) in [4.78, 5) is 2.32. The Kier molecular flexibility index (Phi) is 6.05. The van der Waals surface area contributed by atoms with Crippen LogP contribution in [0.15, 0.2) is 30.3 Å². The Morgan fingerprint density at radius 3 is 2.62 bits per heavy atom. The molecule has 3 heteroatoms. The second kappa shape index (κ2) is 7.72. The molecule has 0 unspecified atom stereocenters. The highest BCUT2D eigenvalue weighted by Gasteiger charge is 2.01. The van der Waals surface area contributed by atoms with E-state index in [1.165, 1.54) is 5.69 Å². The van der Waals surface area contributed by atoms with Crippen LogP contribution in [0.2, 0.25) is 0 Å². The van der Waals surface area contributed by atoms with Crippen molar-refractivity contribution >= 4 is 5.69 Å². The maximum absolute atomic E-state index is 8.40. The first-order chi connectivity index (χ1) is 7.88. The highest BCUT2D eigenvalue weighted by atomic mass is 15.1. The van der Waals surface area contributed by atoms with Gasteiger partial charge < -0.3 is 10.2 Å². The summed E-state index contributed by atoms with van der Waals surface area (Å²) in [7, 11) is 0. The molecule has 0 saturated carbocycles. The first-order valence-corrected chi connectivity index (χ1v) is 5.76. The van der Waals surface area contributed by atoms with E-state index >= 15 is 0 Å². The standard InChI is InChI=1S/C13H19N3/c1-2-16(12-11-15-10-6-9-14)13-7-4-3-5-8-13/h3-5,7-8,15H,2,6,10-12H2,1H3. The summed E-state index contributed by atoms with van der Waals surface area (Å²) < 4.78 is 0. The number of para-hydroxylation sites is 1. The molecule has 3 nitrogen and oxygen atoms in total. The molecule has 0 fully saturated rings. The summed E-state index contributed by atoms with van der Waals surface area (Å²) in [5.41, 5.74) is 1.26. The van der Waals surface area contributed by atoms with Gasteiger partial charge in [0.25, 0.3) is 0 Å². The molecule has 16 heavy (non-hydrogen) atoms. The van der Waals surface area contributed by atoms with Gasteiger partial charge in [0.2, 0.25) is 0 Å². The van der Waals surface area contributed by atoms with Gasteiger partial charge in [-0.3, -0.25) is 0 Å². The minimum atomic E-state index is 0.581. The molecular weight excluding hydrogens is 198 g/mol. The fraction of sp³-hybridized carbons (Fsp3) is 0.462. The van der Waals surface area contributed by atoms with E-state index in [0.717, 1.165) is 26.2 Å². The largest absolute Gasteiger partial charge is 0.371 e. The first-order valence-electron chi connectivity index (χ1n) is 5.76. The third kappa shape index (κ3) is 4.33. The van der Waals surface area contributed by atoms with E-state index in [-0.39, 0.29) is 0 Å². The minimum absolute atomic E-state index is 0.581. The van der Waals surface area contributed by atoms with Crippen molar-refractivity contribution in [2.75, 3.05) is 31.1 Å². The van der Waals surface area contributed by atoms with Crippen LogP contribution in [0, 0.1) is 11.3 Å². The summed E-state index contributed by atoms with van der Waals surface area (Å²) in [6.45, 7) is 5.84. The van der Waals surface area contributed by atoms with Crippen LogP contribution in [-0.4, -0.2) is 26.2 Å². The number of hydrogen-bond acceptors (Lipinski definition) is 3. The molecule has 0 amide bonds. The molecule has 1 aromatic rings. The van der Waals surface area contributed by atoms with Crippen molar-refractivity contribution in [3.05, 3.63) is 30.3 Å². The van der Waals surface area contributed by atoms with Gasteiger partial charge >= 0.3 is 0 Å². The number of nitrogens with one attached hydrogen (secondary N) is 1. The Hall–Kier alpha value is -1.53. The van der Waals surface area contributed by atoms with E-state index in [2.05, 4.69) is 47.5 Å². The molecule has 0 aromatic heterocycles. The zero-order valence-corrected chi connectivity index (χ0v) is 9.82. The van der Waals surface area contributed by atoms with Gasteiger partial charge in [-0.05, 0) is 19.1 Å². The summed E-state index contributed by atoms with van der Waals surface area (Å²) in [5.74, 6) is 0. The number of likely N-dealkylation sites (N-methyl/N-ethyl adjacent to an activating group) is 1. The van der Waals surface area contributed by atoms with Crippen molar-refractivity contribution < 1.29 is 0 Å². The van der Waals surface area contributed by atoms with E-state index in [1.54, 1.807) is 0 Å². The third-order valence-electron chi connectivity index (χ3n) is 2.48. The Balaban J connectivity index is 2.31. The number of hydrogen-bond donors (Lipinski definition) is 1. The van der Waals surface area contributed by atoms with E-state index in [0.29, 0.717) is 6.42 Å². The predicted octanol–water partition coefficient (Wildman–Crippen LogP) is 2.02. The molecule has 0 atom stereocenters. The normalized spacial score (nSPS) is 9.75. The van der Waals surface area contributed by atoms with Gasteiger partial charge in [-0.2, -0.15) is 5.26 Å². The summed E-state index contributed by atoms with van der Waals surface area (Å²) in [5, 5.41) is 11.7. The van der Waals surface area contributed by atoms with E-state index in [9.17, 15) is 0 Å². The molecule has 0 radical (unpaired) electrons. The van der Waals surface area contributed by atoms with Crippen LogP contribution in [0.4, 0.5) is 5.69 Å². The number of rotatable bonds is 7. The van der Waals surface area contributed by atoms with Gasteiger partial charge in [-0.15, -0.1) is 0 Å². The van der Waals surface area contributed by atoms with Gasteiger partial charge in [0.05, 0.1) is 6.07 Å². The van der Waals surface area contributed by atoms with Crippen LogP contribution in [0.1, 0.15) is 13.3 Å². The summed E-state index contributed by atoms with van der Waals surface area (Å²) in [6, 6.07) is 12.5. The summed E-state index contributed by atoms with van der Waals surface area (Å²) in [6.07, 6.45) is 0.581. The zero-order valence-electron chi connectivity index (χ0n) is 9.82. The minimum Gasteiger partial charge on any atom is -0.371 e. The molecule has 0 aliphatic heterocycles. The second-order valence-electron chi connectivity index (χ2n) is 3.57. The van der Waals surface area contributed by atoms with Crippen LogP contribution < -0.4 is 10.2 Å². The molecule has 1 rings (SSSR count). The first kappa shape index (κ1) is 12.5. The Labute approximate surface area is 97.7 Å². The van der Waals surface area contributed by atoms with E-state index in [1.807, 2.05) is 6.07 Å². The molecule has 0 spiro atoms. The lowest BCUT2D eigenvalue weighted by Crippen LogP contribution is -2.32. The third-order valence-corrected chi connectivity index (χ3v) is 2.48. The molecule has 0 aliphatic rings. The van der Waals surface area contributed by atoms with E-state index < -0.39 is 0 Å². The van der Waals surface area contributed by atoms with Crippen molar-refractivity contribution in [3.63, 3.8) is 0 Å². The van der Waals surface area contributed by atoms with Crippen molar-refractivity contribution in [2.24, 2.45) is 0 Å². The molecule has 1 aromatic carbocycles. The van der Waals surface area contributed by atoms with Gasteiger partial charge in [0, 0.05) is 38.3 Å². The van der Waals surface area contributed by atoms with Crippen molar-refractivity contribution in [3.8, 4) is 6.07 Å². The van der Waals surface area contributed by atoms with Crippen molar-refractivity contribution in [1.82, 2.24) is 5.32 Å². The average molecular weight is 217 g/mol. The SMILES string of the molecule is CCN(CCNCCC#N)c1ccccc1. The lowest BCUT2D eigenvalue weighted by molar-refractivity contribution is 0.671. The maximum atomic E-state index is 8.40. The quantitative estimate of drug-likeness (QED) is 0.710. The van der Waals surface area contributed by atoms with Crippen LogP contribution in [0.5, 0.6) is 0 Å². The number of anilines is 1. The number of nitrogens with zero attached hydrogens (tertiary/aromatic N) is 2. The van der Waals surface area contributed by atoms with Crippen molar-refractivity contribution in [1.29, 1.82) is 5.26 Å². The predicted molar refractivity (Wildman–Crippen MR) is 67.4 cm³/mol. The van der Waals surface area contributed by atoms with E-state index in [4.69, 9.17) is 5.26 Å². The van der Waals surface area contributed by atoms with Gasteiger partial charge in [0.1, 0.15) is 0 Å². The smallest absolute Gasteiger partial charge is 0.0635 e. The monoisotopic (exact) mass is 217 g/mol. The Morgan fingerprint density at radius 2 is 2.00 bits per heavy atom. The molecule has 0 saturated heterocycles. The fourth-order valence-corrected chi connectivity index (χ4v) is 1.59. The highest BCUT2D eigenvalue weighted by molar-refractivity contribution is 5.45. The lowest BCUT2D eigenvalue weighted by atomic mass is 10.3. The molecule has 0 aliphatic carbocycles. The van der Waals surface area contributed by atoms with Crippen LogP contribution in [-0.2, 0) is 0 Å². The van der Waals surface area contributed by atoms with Crippen LogP contribution in [0.3, 0.4) is 0 Å². The van der Waals surface area contributed by atoms with Crippen LogP contribution >= 0.6 is 0 Å². The summed E-state index contributed by atoms with van der Waals surface area (Å²) >= 11 is 0. The van der Waals surface area contributed by atoms with Crippen molar-refractivity contribution in [2.45, 2.75) is 13.3 Å². The lowest BCUT2D eigenvalue weighted by Gasteiger charge is -2.23. The number of benzene rings is 1. The molecular formula is C13H19N3. The average Bonchev–Trinajstić information content (AvgIpc) is 2.35. The molecule has 0 bridgehead atoms. The molecule has 0 heterocycles. The Bertz CT molecular complexity index is 316. The van der Waals surface area contributed by atoms with Gasteiger partial charge in [-0.1, -0.05) is 18.2 Å². The molecule has 86 valence electrons. The Morgan fingerprint density at radius 1 is 1.25 bits per heavy atom. The topological polar surface area (TPSA) is 39.1 Å². The second-order valence-corrected chi connectivity index (χ2v) is 3.57. The highest BCUT2D eigenvalue weighted by Crippen LogP contribution is 2.11. The van der Waals surface area contributed by atoms with Gasteiger partial charge in [0.15, 0.2) is 0 Å². The van der Waals surface area contributed by atoms with Gasteiger partial charge in [-0.25, -0.2) is 0 Å².